The number of aliphatic hydroxyl groups excluding tert-OH is 1. The highest BCUT2D eigenvalue weighted by Gasteiger charge is 2.39. The molecule has 1 atom stereocenters. The molecule has 0 bridgehead atoms. The SMILES string of the molecule is COc1ccc(C(OCC(O)CC(=O)CCCN(O)C(=O)c2ccc3c(c2)C(=O)c2c(Nc4ccc(C)cc4)ccc(Nc4ccc(C)cc4)c2C3=O)(c2ccccc2)c2ccc(OC)cc2)cc1. The minimum absolute atomic E-state index is 0.0163. The van der Waals surface area contributed by atoms with Gasteiger partial charge in [0.2, 0.25) is 0 Å². The molecule has 12 heteroatoms. The molecule has 0 aromatic heterocycles. The van der Waals surface area contributed by atoms with Crippen LogP contribution in [0.2, 0.25) is 0 Å². The molecule has 350 valence electrons. The molecule has 69 heavy (non-hydrogen) atoms. The maximum Gasteiger partial charge on any atom is 0.277 e. The van der Waals surface area contributed by atoms with E-state index in [4.69, 9.17) is 14.2 Å². The van der Waals surface area contributed by atoms with Crippen LogP contribution in [0.25, 0.3) is 0 Å². The largest absolute Gasteiger partial charge is 0.497 e. The lowest BCUT2D eigenvalue weighted by Gasteiger charge is -2.36. The van der Waals surface area contributed by atoms with Crippen LogP contribution in [0.15, 0.2) is 158 Å². The van der Waals surface area contributed by atoms with Crippen molar-refractivity contribution in [2.24, 2.45) is 0 Å². The second kappa shape index (κ2) is 20.9. The number of hydrogen-bond acceptors (Lipinski definition) is 11. The second-order valence-electron chi connectivity index (χ2n) is 17.1. The van der Waals surface area contributed by atoms with E-state index >= 15 is 0 Å². The Bertz CT molecular complexity index is 2930. The van der Waals surface area contributed by atoms with Crippen molar-refractivity contribution in [2.45, 2.75) is 44.8 Å². The van der Waals surface area contributed by atoms with E-state index in [2.05, 4.69) is 10.6 Å². The van der Waals surface area contributed by atoms with E-state index in [-0.39, 0.29) is 66.0 Å². The topological polar surface area (TPSA) is 164 Å². The Morgan fingerprint density at radius 1 is 0.623 bits per heavy atom. The van der Waals surface area contributed by atoms with Crippen LogP contribution >= 0.6 is 0 Å². The Hall–Kier alpha value is -7.90. The fraction of sp³-hybridized carbons (Fsp3) is 0.193. The average molecular weight is 924 g/mol. The number of aliphatic hydroxyl groups is 1. The lowest BCUT2D eigenvalue weighted by Crippen LogP contribution is -2.36. The second-order valence-corrected chi connectivity index (χ2v) is 17.1. The van der Waals surface area contributed by atoms with E-state index in [0.29, 0.717) is 33.6 Å². The predicted octanol–water partition coefficient (Wildman–Crippen LogP) is 10.5. The zero-order valence-electron chi connectivity index (χ0n) is 38.8. The lowest BCUT2D eigenvalue weighted by molar-refractivity contribution is -0.123. The Kier molecular flexibility index (Phi) is 14.4. The summed E-state index contributed by atoms with van der Waals surface area (Å²) in [5.41, 5.74) is 6.05. The molecule has 1 aliphatic rings. The molecular weight excluding hydrogens is 871 g/mol. The van der Waals surface area contributed by atoms with Gasteiger partial charge in [-0.15, -0.1) is 0 Å². The van der Waals surface area contributed by atoms with E-state index in [0.717, 1.165) is 33.5 Å². The quantitative estimate of drug-likeness (QED) is 0.0347. The Labute approximate surface area is 401 Å². The van der Waals surface area contributed by atoms with E-state index < -0.39 is 29.2 Å². The van der Waals surface area contributed by atoms with Gasteiger partial charge in [0.05, 0.1) is 49.4 Å². The Balaban J connectivity index is 0.942. The van der Waals surface area contributed by atoms with Gasteiger partial charge in [0.25, 0.3) is 5.91 Å². The monoisotopic (exact) mass is 923 g/mol. The van der Waals surface area contributed by atoms with E-state index in [1.807, 2.05) is 141 Å². The molecule has 0 saturated carbocycles. The number of nitrogens with one attached hydrogen (secondary N) is 2. The van der Waals surface area contributed by atoms with E-state index in [9.17, 15) is 29.5 Å². The van der Waals surface area contributed by atoms with Crippen LogP contribution in [0.1, 0.15) is 89.3 Å². The number of hydroxylamine groups is 2. The number of ketones is 3. The first kappa shape index (κ1) is 47.6. The van der Waals surface area contributed by atoms with Gasteiger partial charge in [0, 0.05) is 47.5 Å². The Morgan fingerprint density at radius 2 is 1.12 bits per heavy atom. The number of nitrogens with zero attached hydrogens (tertiary/aromatic N) is 1. The van der Waals surface area contributed by atoms with Crippen LogP contribution in [-0.2, 0) is 15.1 Å². The molecule has 0 saturated heterocycles. The number of methoxy groups -OCH3 is 2. The standard InChI is InChI=1S/C57H53N3O9/c1-36-12-21-42(22-13-36)58-50-30-31-51(59-43-23-14-37(2)15-24-43)53-52(50)54(63)48-29-16-38(33-49(48)55(53)64)56(65)60(66)32-8-11-44(61)34-45(62)35-69-57(39-9-6-5-7-10-39,40-17-25-46(67-3)26-18-40)41-19-27-47(68-4)28-20-41/h5-7,9-10,12-31,33,45,58-59,62,66H,8,11,32,34-35H2,1-4H3. The van der Waals surface area contributed by atoms with Crippen LogP contribution in [0.4, 0.5) is 22.7 Å². The van der Waals surface area contributed by atoms with Crippen molar-refractivity contribution in [1.29, 1.82) is 0 Å². The predicted molar refractivity (Wildman–Crippen MR) is 265 cm³/mol. The summed E-state index contributed by atoms with van der Waals surface area (Å²) >= 11 is 0. The van der Waals surface area contributed by atoms with Crippen LogP contribution in [-0.4, -0.2) is 72.1 Å². The minimum Gasteiger partial charge on any atom is -0.497 e. The summed E-state index contributed by atoms with van der Waals surface area (Å²) < 4.78 is 17.6. The molecule has 1 aliphatic carbocycles. The summed E-state index contributed by atoms with van der Waals surface area (Å²) in [7, 11) is 3.18. The summed E-state index contributed by atoms with van der Waals surface area (Å²) in [6, 6.07) is 47.5. The molecule has 4 N–H and O–H groups in total. The number of amides is 1. The average Bonchev–Trinajstić information content (AvgIpc) is 3.37. The maximum absolute atomic E-state index is 14.5. The number of hydrogen-bond donors (Lipinski definition) is 4. The van der Waals surface area contributed by atoms with Gasteiger partial charge in [-0.1, -0.05) is 90.0 Å². The van der Waals surface area contributed by atoms with Crippen LogP contribution in [0, 0.1) is 13.8 Å². The molecule has 7 aromatic carbocycles. The first-order chi connectivity index (χ1) is 33.4. The summed E-state index contributed by atoms with van der Waals surface area (Å²) in [6.07, 6.45) is -1.39. The summed E-state index contributed by atoms with van der Waals surface area (Å²) in [5, 5.41) is 29.3. The van der Waals surface area contributed by atoms with Crippen molar-refractivity contribution in [2.75, 3.05) is 38.0 Å². The number of ether oxygens (including phenoxy) is 3. The zero-order chi connectivity index (χ0) is 48.7. The van der Waals surface area contributed by atoms with Gasteiger partial charge in [-0.2, -0.15) is 0 Å². The number of aryl methyl sites for hydroxylation is 2. The number of carbonyl (C=O) groups excluding carboxylic acids is 4. The third kappa shape index (κ3) is 10.3. The zero-order valence-corrected chi connectivity index (χ0v) is 38.8. The molecule has 0 spiro atoms. The van der Waals surface area contributed by atoms with Gasteiger partial charge in [0.1, 0.15) is 22.9 Å². The van der Waals surface area contributed by atoms with Crippen molar-refractivity contribution < 1.29 is 43.7 Å². The van der Waals surface area contributed by atoms with Gasteiger partial charge in [-0.3, -0.25) is 24.4 Å². The fourth-order valence-corrected chi connectivity index (χ4v) is 8.60. The molecule has 0 heterocycles. The lowest BCUT2D eigenvalue weighted by atomic mass is 9.80. The molecule has 1 unspecified atom stereocenters. The van der Waals surface area contributed by atoms with Crippen LogP contribution < -0.4 is 20.1 Å². The molecular formula is C57H53N3O9. The van der Waals surface area contributed by atoms with Crippen molar-refractivity contribution in [1.82, 2.24) is 5.06 Å². The van der Waals surface area contributed by atoms with E-state index in [1.54, 1.807) is 26.4 Å². The number of anilines is 4. The fourth-order valence-electron chi connectivity index (χ4n) is 8.60. The molecule has 0 radical (unpaired) electrons. The molecule has 12 nitrogen and oxygen atoms in total. The third-order valence-electron chi connectivity index (χ3n) is 12.3. The smallest absolute Gasteiger partial charge is 0.277 e. The maximum atomic E-state index is 14.5. The highest BCUT2D eigenvalue weighted by Crippen LogP contribution is 2.43. The van der Waals surface area contributed by atoms with Crippen molar-refractivity contribution in [3.8, 4) is 11.5 Å². The normalized spacial score (nSPS) is 12.4. The molecule has 0 aliphatic heterocycles. The van der Waals surface area contributed by atoms with Crippen molar-refractivity contribution >= 4 is 46.0 Å². The van der Waals surface area contributed by atoms with Gasteiger partial charge in [-0.25, -0.2) is 5.06 Å². The first-order valence-electron chi connectivity index (χ1n) is 22.7. The number of Topliss-reactive ketones (excluding diaryl/α,β-unsaturated/α-hetero) is 1. The molecule has 0 fully saturated rings. The van der Waals surface area contributed by atoms with Crippen LogP contribution in [0.3, 0.4) is 0 Å². The summed E-state index contributed by atoms with van der Waals surface area (Å²) in [6.45, 7) is 3.53. The van der Waals surface area contributed by atoms with Gasteiger partial charge >= 0.3 is 0 Å². The van der Waals surface area contributed by atoms with Gasteiger partial charge in [-0.05, 0) is 116 Å². The highest BCUT2D eigenvalue weighted by atomic mass is 16.5. The number of benzene rings is 7. The van der Waals surface area contributed by atoms with Crippen LogP contribution in [0.5, 0.6) is 11.5 Å². The number of carbonyl (C=O) groups is 4. The van der Waals surface area contributed by atoms with Gasteiger partial charge in [0.15, 0.2) is 11.6 Å². The minimum atomic E-state index is -1.19. The van der Waals surface area contributed by atoms with E-state index in [1.165, 1.54) is 18.2 Å². The molecule has 7 aromatic rings. The van der Waals surface area contributed by atoms with Crippen molar-refractivity contribution in [3.63, 3.8) is 0 Å². The first-order valence-corrected chi connectivity index (χ1v) is 22.7. The van der Waals surface area contributed by atoms with Gasteiger partial charge < -0.3 is 30.0 Å². The highest BCUT2D eigenvalue weighted by molar-refractivity contribution is 6.32. The molecule has 8 rings (SSSR count). The summed E-state index contributed by atoms with van der Waals surface area (Å²) in [4.78, 5) is 55.8. The number of fused-ring (bicyclic) bond motifs is 2. The summed E-state index contributed by atoms with van der Waals surface area (Å²) in [5.74, 6) is -0.664. The Morgan fingerprint density at radius 3 is 1.62 bits per heavy atom. The number of rotatable bonds is 19. The van der Waals surface area contributed by atoms with Crippen molar-refractivity contribution in [3.05, 3.63) is 213 Å². The molecule has 1 amide bonds. The third-order valence-corrected chi connectivity index (χ3v) is 12.3.